The molecule has 0 rings (SSSR count). The third kappa shape index (κ3) is 6.27. The summed E-state index contributed by atoms with van der Waals surface area (Å²) in [7, 11) is 2.84. The van der Waals surface area contributed by atoms with Crippen LogP contribution in [-0.4, -0.2) is 33.4 Å². The Morgan fingerprint density at radius 1 is 1.50 bits per heavy atom. The van der Waals surface area contributed by atoms with E-state index in [2.05, 4.69) is 14.9 Å². The van der Waals surface area contributed by atoms with Crippen LogP contribution >= 0.6 is 0 Å². The Balaban J connectivity index is 2.53. The van der Waals surface area contributed by atoms with Crippen LogP contribution in [0.5, 0.6) is 0 Å². The van der Waals surface area contributed by atoms with E-state index in [1.807, 2.05) is 7.05 Å². The third-order valence-corrected chi connectivity index (χ3v) is 1.48. The zero-order chi connectivity index (χ0) is 6.24. The minimum absolute atomic E-state index is 0.333. The van der Waals surface area contributed by atoms with Crippen molar-refractivity contribution in [1.29, 1.82) is 0 Å². The molecule has 0 amide bonds. The summed E-state index contributed by atoms with van der Waals surface area (Å²) in [6.45, 7) is 0.786. The number of hydrogen-bond acceptors (Lipinski definition) is 4. The molecule has 0 saturated carbocycles. The van der Waals surface area contributed by atoms with Crippen LogP contribution in [0, 0.1) is 0 Å². The molecule has 0 spiro atoms. The Morgan fingerprint density at radius 3 is 2.75 bits per heavy atom. The molecule has 6 heteroatoms. The molecule has 5 N–H and O–H groups in total. The summed E-state index contributed by atoms with van der Waals surface area (Å²) in [5.41, 5.74) is 0. The van der Waals surface area contributed by atoms with Gasteiger partial charge in [0.2, 0.25) is 19.7 Å². The molecular formula is C2H10N4Si2. The molecule has 4 radical (unpaired) electrons. The van der Waals surface area contributed by atoms with Crippen LogP contribution in [0.1, 0.15) is 0 Å². The van der Waals surface area contributed by atoms with Crippen molar-refractivity contribution in [3.05, 3.63) is 0 Å². The van der Waals surface area contributed by atoms with Gasteiger partial charge < -0.3 is 20.3 Å². The van der Waals surface area contributed by atoms with Gasteiger partial charge in [-0.15, -0.1) is 0 Å². The highest BCUT2D eigenvalue weighted by molar-refractivity contribution is 6.29. The molecule has 0 saturated heterocycles. The molecule has 0 aromatic heterocycles. The van der Waals surface area contributed by atoms with Crippen molar-refractivity contribution in [2.24, 2.45) is 5.40 Å². The van der Waals surface area contributed by atoms with E-state index in [1.54, 1.807) is 0 Å². The fourth-order valence-corrected chi connectivity index (χ4v) is 0.949. The van der Waals surface area contributed by atoms with E-state index in [0.29, 0.717) is 19.7 Å². The maximum absolute atomic E-state index is 5.17. The van der Waals surface area contributed by atoms with E-state index in [-0.39, 0.29) is 0 Å². The standard InChI is InChI=1S/C2H10N4Si2/c1-4-8-6-2-5-7-3/h4-6H,2-3H2,1H3. The second-order valence-corrected chi connectivity index (χ2v) is 2.80. The minimum Gasteiger partial charge on any atom is -0.339 e. The Hall–Kier alpha value is 0.274. The van der Waals surface area contributed by atoms with E-state index in [4.69, 9.17) is 5.40 Å². The molecule has 0 aromatic carbocycles. The Bertz CT molecular complexity index is 37.0. The Morgan fingerprint density at radius 2 is 2.25 bits per heavy atom. The summed E-state index contributed by atoms with van der Waals surface area (Å²) in [6, 6.07) is 0. The lowest BCUT2D eigenvalue weighted by Crippen LogP contribution is -2.41. The van der Waals surface area contributed by atoms with Crippen LogP contribution in [0.3, 0.4) is 0 Å². The van der Waals surface area contributed by atoms with Gasteiger partial charge >= 0.3 is 0 Å². The zero-order valence-corrected chi connectivity index (χ0v) is 6.78. The van der Waals surface area contributed by atoms with Gasteiger partial charge in [0.1, 0.15) is 0 Å². The monoisotopic (exact) mass is 146 g/mol. The predicted octanol–water partition coefficient (Wildman–Crippen LogP) is -2.63. The first-order valence-corrected chi connectivity index (χ1v) is 4.32. The first kappa shape index (κ1) is 8.27. The second-order valence-electron chi connectivity index (χ2n) is 1.05. The molecule has 0 fully saturated rings. The molecule has 0 aliphatic carbocycles. The lowest BCUT2D eigenvalue weighted by atomic mass is 11.3. The molecular weight excluding hydrogens is 136 g/mol. The van der Waals surface area contributed by atoms with Crippen molar-refractivity contribution >= 4 is 19.7 Å². The molecule has 46 valence electrons. The highest BCUT2D eigenvalue weighted by Gasteiger charge is 1.81. The van der Waals surface area contributed by atoms with Crippen LogP contribution in [0.4, 0.5) is 0 Å². The molecule has 0 heterocycles. The summed E-state index contributed by atoms with van der Waals surface area (Å²) < 4.78 is 0. The van der Waals surface area contributed by atoms with Gasteiger partial charge in [0.15, 0.2) is 0 Å². The molecule has 0 unspecified atom stereocenters. The quantitative estimate of drug-likeness (QED) is 0.195. The van der Waals surface area contributed by atoms with Crippen molar-refractivity contribution in [2.45, 2.75) is 0 Å². The van der Waals surface area contributed by atoms with Crippen LogP contribution in [0.15, 0.2) is 0 Å². The summed E-state index contributed by atoms with van der Waals surface area (Å²) in [6.07, 6.45) is 0. The van der Waals surface area contributed by atoms with E-state index < -0.39 is 0 Å². The topological polar surface area (TPSA) is 62.1 Å². The fraction of sp³-hybridized carbons (Fsp3) is 1.00. The minimum atomic E-state index is 0.333. The Kier molecular flexibility index (Phi) is 7.52. The van der Waals surface area contributed by atoms with E-state index >= 15 is 0 Å². The third-order valence-electron chi connectivity index (χ3n) is 0.492. The lowest BCUT2D eigenvalue weighted by molar-refractivity contribution is 0.860. The second kappa shape index (κ2) is 7.27. The zero-order valence-electron chi connectivity index (χ0n) is 4.78. The van der Waals surface area contributed by atoms with Gasteiger partial charge in [-0.2, -0.15) is 0 Å². The summed E-state index contributed by atoms with van der Waals surface area (Å²) in [5.74, 6) is 0. The summed E-state index contributed by atoms with van der Waals surface area (Å²) in [5, 5.41) is 5.17. The lowest BCUT2D eigenvalue weighted by Gasteiger charge is -1.98. The van der Waals surface area contributed by atoms with Crippen molar-refractivity contribution in [1.82, 2.24) is 14.9 Å². The molecule has 0 aliphatic rings. The Labute approximate surface area is 54.6 Å². The molecule has 0 aliphatic heterocycles. The van der Waals surface area contributed by atoms with Gasteiger partial charge in [-0.05, 0) is 7.05 Å². The van der Waals surface area contributed by atoms with Gasteiger partial charge in [-0.25, -0.2) is 0 Å². The number of rotatable bonds is 5. The molecule has 0 bridgehead atoms. The van der Waals surface area contributed by atoms with Crippen molar-refractivity contribution in [3.8, 4) is 0 Å². The molecule has 4 nitrogen and oxygen atoms in total. The highest BCUT2D eigenvalue weighted by atomic mass is 28.2. The normalized spacial score (nSPS) is 9.75. The SMILES string of the molecule is CN[Si]NCN[Si]N. The van der Waals surface area contributed by atoms with Gasteiger partial charge in [0, 0.05) is 6.67 Å². The van der Waals surface area contributed by atoms with Crippen LogP contribution < -0.4 is 20.3 Å². The van der Waals surface area contributed by atoms with Crippen LogP contribution in [0.25, 0.3) is 0 Å². The van der Waals surface area contributed by atoms with E-state index in [1.165, 1.54) is 0 Å². The van der Waals surface area contributed by atoms with Gasteiger partial charge in [0.05, 0.1) is 0 Å². The van der Waals surface area contributed by atoms with Gasteiger partial charge in [-0.3, -0.25) is 0 Å². The smallest absolute Gasteiger partial charge is 0.246 e. The average molecular weight is 146 g/mol. The van der Waals surface area contributed by atoms with Crippen LogP contribution in [0.2, 0.25) is 0 Å². The first-order valence-electron chi connectivity index (χ1n) is 2.25. The van der Waals surface area contributed by atoms with Crippen LogP contribution in [-0.2, 0) is 0 Å². The molecule has 0 aromatic rings. The number of hydrogen-bond donors (Lipinski definition) is 4. The van der Waals surface area contributed by atoms with Crippen molar-refractivity contribution < 1.29 is 0 Å². The first-order chi connectivity index (χ1) is 3.91. The molecule has 0 atom stereocenters. The van der Waals surface area contributed by atoms with E-state index in [0.717, 1.165) is 6.67 Å². The average Bonchev–Trinajstić information content (AvgIpc) is 1.81. The van der Waals surface area contributed by atoms with Crippen molar-refractivity contribution in [3.63, 3.8) is 0 Å². The number of nitrogens with one attached hydrogen (secondary N) is 3. The van der Waals surface area contributed by atoms with E-state index in [9.17, 15) is 0 Å². The predicted molar refractivity (Wildman–Crippen MR) is 35.9 cm³/mol. The summed E-state index contributed by atoms with van der Waals surface area (Å²) in [4.78, 5) is 8.98. The number of nitrogens with two attached hydrogens (primary N) is 1. The fourth-order valence-electron chi connectivity index (χ4n) is 0.228. The largest absolute Gasteiger partial charge is 0.339 e. The maximum atomic E-state index is 5.17. The molecule has 8 heavy (non-hydrogen) atoms. The van der Waals surface area contributed by atoms with Crippen molar-refractivity contribution in [2.75, 3.05) is 13.7 Å². The maximum Gasteiger partial charge on any atom is 0.246 e. The van der Waals surface area contributed by atoms with Gasteiger partial charge in [-0.1, -0.05) is 0 Å². The highest BCUT2D eigenvalue weighted by Crippen LogP contribution is 1.39. The summed E-state index contributed by atoms with van der Waals surface area (Å²) >= 11 is 0. The van der Waals surface area contributed by atoms with Gasteiger partial charge in [0.25, 0.3) is 0 Å².